The number of H-pyrrole nitrogens is 1. The molecule has 2 fully saturated rings. The third-order valence-corrected chi connectivity index (χ3v) is 19.6. The zero-order chi connectivity index (χ0) is 27.9. The van der Waals surface area contributed by atoms with Crippen molar-refractivity contribution in [3.05, 3.63) is 32.6 Å². The fraction of sp³-hybridized carbons (Fsp3) is 0.800. The van der Waals surface area contributed by atoms with E-state index in [1.54, 1.807) is 29.4 Å². The Kier molecular flexibility index (Phi) is 9.44. The number of aryl methyl sites for hydroxylation is 1. The average molecular weight is 573 g/mol. The molecule has 2 saturated heterocycles. The number of aromatic amines is 1. The average Bonchev–Trinajstić information content (AvgIpc) is 3.10. The highest BCUT2D eigenvalue weighted by Crippen LogP contribution is 2.53. The third-order valence-electron chi connectivity index (χ3n) is 7.70. The molecule has 0 spiro atoms. The minimum absolute atomic E-state index is 0.0936. The van der Waals surface area contributed by atoms with Crippen LogP contribution in [-0.2, 0) is 22.5 Å². The van der Waals surface area contributed by atoms with Gasteiger partial charge in [-0.25, -0.2) is 4.79 Å². The monoisotopic (exact) mass is 572 g/mol. The van der Waals surface area contributed by atoms with Crippen LogP contribution in [0.15, 0.2) is 15.8 Å². The standard InChI is InChI=1S/C25H44N2O7SSi2/c1-14(2)36(15(3)4)32-13-21-22(33-37(34-36,16(5)6)17(7)8)20(12-31-19(10)28)24(35-21)27-11-18(9)23(29)26-25(27)30/h11,14-17,20-22,24H,12-13H2,1-10H3,(H,26,29,30)/t20-,21+,22-,24+/m0/s1. The molecule has 2 aliphatic rings. The Hall–Kier alpha value is -1.19. The summed E-state index contributed by atoms with van der Waals surface area (Å²) in [7, 11) is -5.60. The first-order chi connectivity index (χ1) is 17.2. The second kappa shape index (κ2) is 11.5. The molecule has 4 atom stereocenters. The van der Waals surface area contributed by atoms with E-state index < -0.39 is 39.7 Å². The molecule has 0 bridgehead atoms. The van der Waals surface area contributed by atoms with E-state index in [2.05, 4.69) is 60.4 Å². The van der Waals surface area contributed by atoms with Gasteiger partial charge in [-0.05, 0) is 29.1 Å². The van der Waals surface area contributed by atoms with Crippen molar-refractivity contribution in [2.24, 2.45) is 5.92 Å². The van der Waals surface area contributed by atoms with E-state index in [9.17, 15) is 14.4 Å². The minimum Gasteiger partial charge on any atom is -0.465 e. The number of aromatic nitrogens is 2. The number of ether oxygens (including phenoxy) is 1. The number of thioether (sulfide) groups is 1. The number of carbonyl (C=O) groups is 1. The van der Waals surface area contributed by atoms with Crippen molar-refractivity contribution in [3.8, 4) is 0 Å². The van der Waals surface area contributed by atoms with Gasteiger partial charge in [0.25, 0.3) is 5.56 Å². The normalized spacial score (nSPS) is 27.4. The van der Waals surface area contributed by atoms with Gasteiger partial charge in [0, 0.05) is 24.6 Å². The van der Waals surface area contributed by atoms with Crippen LogP contribution >= 0.6 is 11.8 Å². The molecule has 37 heavy (non-hydrogen) atoms. The molecule has 0 saturated carbocycles. The van der Waals surface area contributed by atoms with E-state index in [-0.39, 0.29) is 46.0 Å². The molecule has 9 nitrogen and oxygen atoms in total. The quantitative estimate of drug-likeness (QED) is 0.373. The summed E-state index contributed by atoms with van der Waals surface area (Å²) in [6, 6.07) is 0. The van der Waals surface area contributed by atoms with E-state index in [4.69, 9.17) is 17.7 Å². The first-order valence-corrected chi connectivity index (χ1v) is 18.2. The summed E-state index contributed by atoms with van der Waals surface area (Å²) in [5.74, 6) is -0.719. The number of nitrogens with one attached hydrogen (secondary N) is 1. The zero-order valence-corrected chi connectivity index (χ0v) is 26.6. The molecule has 0 aliphatic carbocycles. The van der Waals surface area contributed by atoms with Crippen LogP contribution < -0.4 is 11.2 Å². The fourth-order valence-electron chi connectivity index (χ4n) is 5.67. The number of esters is 1. The van der Waals surface area contributed by atoms with Crippen molar-refractivity contribution in [1.82, 2.24) is 9.55 Å². The minimum atomic E-state index is -2.89. The van der Waals surface area contributed by atoms with Gasteiger partial charge in [0.1, 0.15) is 0 Å². The molecule has 0 unspecified atom stereocenters. The first-order valence-electron chi connectivity index (χ1n) is 13.3. The predicted octanol–water partition coefficient (Wildman–Crippen LogP) is 4.59. The Bertz CT molecular complexity index is 1070. The molecule has 0 amide bonds. The molecule has 210 valence electrons. The molecule has 2 aliphatic heterocycles. The van der Waals surface area contributed by atoms with Crippen LogP contribution in [0.3, 0.4) is 0 Å². The molecule has 0 radical (unpaired) electrons. The maximum Gasteiger partial charge on any atom is 0.334 e. The highest BCUT2D eigenvalue weighted by Gasteiger charge is 2.61. The largest absolute Gasteiger partial charge is 0.465 e. The van der Waals surface area contributed by atoms with E-state index in [0.717, 1.165) is 0 Å². The number of nitrogens with zero attached hydrogens (tertiary/aromatic N) is 1. The van der Waals surface area contributed by atoms with Gasteiger partial charge in [-0.2, -0.15) is 0 Å². The van der Waals surface area contributed by atoms with Crippen molar-refractivity contribution in [2.75, 3.05) is 13.2 Å². The second-order valence-electron chi connectivity index (χ2n) is 11.6. The number of rotatable bonds is 7. The molecule has 1 aromatic heterocycles. The van der Waals surface area contributed by atoms with Gasteiger partial charge in [0.05, 0.1) is 29.9 Å². The molecule has 3 rings (SSSR count). The van der Waals surface area contributed by atoms with Crippen LogP contribution in [-0.4, -0.2) is 57.2 Å². The zero-order valence-electron chi connectivity index (χ0n) is 23.8. The number of hydrogen-bond acceptors (Lipinski definition) is 8. The van der Waals surface area contributed by atoms with Crippen LogP contribution in [0.4, 0.5) is 0 Å². The van der Waals surface area contributed by atoms with Gasteiger partial charge in [-0.3, -0.25) is 19.1 Å². The summed E-state index contributed by atoms with van der Waals surface area (Å²) < 4.78 is 28.5. The van der Waals surface area contributed by atoms with Crippen molar-refractivity contribution in [2.45, 2.75) is 108 Å². The van der Waals surface area contributed by atoms with Gasteiger partial charge < -0.3 is 17.7 Å². The van der Waals surface area contributed by atoms with E-state index >= 15 is 0 Å². The molecule has 0 aromatic carbocycles. The van der Waals surface area contributed by atoms with Crippen LogP contribution in [0, 0.1) is 12.8 Å². The van der Waals surface area contributed by atoms with Gasteiger partial charge in [0.15, 0.2) is 0 Å². The summed E-state index contributed by atoms with van der Waals surface area (Å²) in [5, 5.41) is -0.498. The maximum atomic E-state index is 12.9. The lowest BCUT2D eigenvalue weighted by atomic mass is 10.0. The van der Waals surface area contributed by atoms with Crippen molar-refractivity contribution in [3.63, 3.8) is 0 Å². The van der Waals surface area contributed by atoms with Gasteiger partial charge >= 0.3 is 28.8 Å². The summed E-state index contributed by atoms with van der Waals surface area (Å²) >= 11 is 1.60. The Morgan fingerprint density at radius 3 is 2.16 bits per heavy atom. The Labute approximate surface area is 226 Å². The predicted molar refractivity (Wildman–Crippen MR) is 150 cm³/mol. The van der Waals surface area contributed by atoms with E-state index in [0.29, 0.717) is 12.2 Å². The van der Waals surface area contributed by atoms with Gasteiger partial charge in [-0.15, -0.1) is 11.8 Å². The number of hydrogen-bond donors (Lipinski definition) is 1. The van der Waals surface area contributed by atoms with Crippen LogP contribution in [0.2, 0.25) is 22.2 Å². The SMILES string of the molecule is CC(=O)OC[C@H]1[C@@H]2O[Si](C(C)C)(C(C)C)O[Si](C(C)C)(C(C)C)OC[C@H]2S[C@H]1n1cc(C)c(=O)[nH]c1=O. The third kappa shape index (κ3) is 5.74. The first kappa shape index (κ1) is 30.4. The summed E-state index contributed by atoms with van der Waals surface area (Å²) in [4.78, 5) is 39.3. The van der Waals surface area contributed by atoms with E-state index in [1.165, 1.54) is 6.92 Å². The highest BCUT2D eigenvalue weighted by molar-refractivity contribution is 8.00. The molecular weight excluding hydrogens is 529 g/mol. The highest BCUT2D eigenvalue weighted by atomic mass is 32.2. The van der Waals surface area contributed by atoms with Gasteiger partial charge in [0.2, 0.25) is 0 Å². The number of fused-ring (bicyclic) bond motifs is 1. The number of carbonyl (C=O) groups excluding carboxylic acids is 1. The molecule has 1 N–H and O–H groups in total. The van der Waals surface area contributed by atoms with Crippen molar-refractivity contribution < 1.29 is 22.5 Å². The molecular formula is C25H44N2O7SSi2. The van der Waals surface area contributed by atoms with Crippen molar-refractivity contribution >= 4 is 34.9 Å². The van der Waals surface area contributed by atoms with Gasteiger partial charge in [-0.1, -0.05) is 55.4 Å². The Morgan fingerprint density at radius 2 is 1.65 bits per heavy atom. The van der Waals surface area contributed by atoms with Crippen molar-refractivity contribution in [1.29, 1.82) is 0 Å². The molecule has 12 heteroatoms. The second-order valence-corrected chi connectivity index (χ2v) is 21.8. The van der Waals surface area contributed by atoms with Crippen LogP contribution in [0.1, 0.15) is 73.3 Å². The summed E-state index contributed by atoms with van der Waals surface area (Å²) in [6.45, 7) is 21.0. The lowest BCUT2D eigenvalue weighted by molar-refractivity contribution is -0.143. The lowest BCUT2D eigenvalue weighted by Crippen LogP contribution is -2.65. The topological polar surface area (TPSA) is 109 Å². The van der Waals surface area contributed by atoms with Crippen LogP contribution in [0.25, 0.3) is 0 Å². The molecule has 3 heterocycles. The molecule has 1 aromatic rings. The van der Waals surface area contributed by atoms with E-state index in [1.807, 2.05) is 0 Å². The Balaban J connectivity index is 2.17. The summed E-state index contributed by atoms with van der Waals surface area (Å²) in [5.41, 5.74) is 0.287. The maximum absolute atomic E-state index is 12.9. The fourth-order valence-corrected chi connectivity index (χ4v) is 18.8. The smallest absolute Gasteiger partial charge is 0.334 e. The Morgan fingerprint density at radius 1 is 1.08 bits per heavy atom. The lowest BCUT2D eigenvalue weighted by Gasteiger charge is -2.51. The summed E-state index contributed by atoms with van der Waals surface area (Å²) in [6.07, 6.45) is 1.24. The van der Waals surface area contributed by atoms with Crippen LogP contribution in [0.5, 0.6) is 0 Å².